The second-order valence-corrected chi connectivity index (χ2v) is 3.29. The molecule has 0 unspecified atom stereocenters. The fourth-order valence-electron chi connectivity index (χ4n) is 1.55. The first-order valence-electron chi connectivity index (χ1n) is 4.17. The number of likely N-dealkylation sites (N-methyl/N-ethyl adjacent to an activating group) is 1. The van der Waals surface area contributed by atoms with Crippen LogP contribution in [0.1, 0.15) is 0 Å². The van der Waals surface area contributed by atoms with Gasteiger partial charge in [0, 0.05) is 14.2 Å². The Morgan fingerprint density at radius 1 is 1.15 bits per heavy atom. The molecule has 0 aromatic heterocycles. The van der Waals surface area contributed by atoms with E-state index in [0.29, 0.717) is 0 Å². The molecule has 78 valence electrons. The molecule has 1 heterocycles. The van der Waals surface area contributed by atoms with Gasteiger partial charge in [-0.25, -0.2) is 0 Å². The Balaban J connectivity index is 2.68. The largest absolute Gasteiger partial charge is 0.386 e. The molecule has 5 heteroatoms. The Morgan fingerprint density at radius 3 is 2.00 bits per heavy atom. The molecule has 1 N–H and O–H groups in total. The molecule has 13 heavy (non-hydrogen) atoms. The minimum absolute atomic E-state index is 0.185. The van der Waals surface area contributed by atoms with E-state index in [2.05, 4.69) is 0 Å². The first-order valence-corrected chi connectivity index (χ1v) is 4.17. The van der Waals surface area contributed by atoms with Crippen molar-refractivity contribution in [2.45, 2.75) is 24.7 Å². The minimum atomic E-state index is -0.676. The Bertz CT molecular complexity index is 162. The third-order valence-electron chi connectivity index (χ3n) is 2.24. The average molecular weight is 191 g/mol. The summed E-state index contributed by atoms with van der Waals surface area (Å²) in [7, 11) is 6.77. The van der Waals surface area contributed by atoms with Gasteiger partial charge in [-0.3, -0.25) is 4.90 Å². The maximum atomic E-state index is 9.75. The van der Waals surface area contributed by atoms with E-state index in [1.54, 1.807) is 7.11 Å². The molecule has 5 nitrogen and oxygen atoms in total. The van der Waals surface area contributed by atoms with E-state index in [0.717, 1.165) is 0 Å². The normalized spacial score (nSPS) is 40.2. The van der Waals surface area contributed by atoms with Crippen LogP contribution in [0.15, 0.2) is 0 Å². The maximum absolute atomic E-state index is 9.75. The predicted octanol–water partition coefficient (Wildman–Crippen LogP) is -0.747. The van der Waals surface area contributed by atoms with Crippen molar-refractivity contribution >= 4 is 0 Å². The Kier molecular flexibility index (Phi) is 3.63. The topological polar surface area (TPSA) is 51.2 Å². The molecule has 1 aliphatic heterocycles. The van der Waals surface area contributed by atoms with Crippen molar-refractivity contribution < 1.29 is 19.3 Å². The lowest BCUT2D eigenvalue weighted by Gasteiger charge is -2.25. The van der Waals surface area contributed by atoms with Crippen molar-refractivity contribution in [3.63, 3.8) is 0 Å². The van der Waals surface area contributed by atoms with E-state index in [1.165, 1.54) is 7.11 Å². The minimum Gasteiger partial charge on any atom is -0.386 e. The predicted molar refractivity (Wildman–Crippen MR) is 46.2 cm³/mol. The van der Waals surface area contributed by atoms with Gasteiger partial charge in [0.25, 0.3) is 0 Å². The lowest BCUT2D eigenvalue weighted by molar-refractivity contribution is -0.202. The molecule has 0 saturated carbocycles. The molecule has 1 aliphatic rings. The van der Waals surface area contributed by atoms with Crippen molar-refractivity contribution in [3.05, 3.63) is 0 Å². The molecule has 0 aromatic carbocycles. The summed E-state index contributed by atoms with van der Waals surface area (Å²) in [5, 5.41) is 9.75. The van der Waals surface area contributed by atoms with Gasteiger partial charge in [-0.1, -0.05) is 0 Å². The summed E-state index contributed by atoms with van der Waals surface area (Å²) in [6.45, 7) is 0. The number of aliphatic hydroxyl groups is 1. The zero-order chi connectivity index (χ0) is 10.0. The van der Waals surface area contributed by atoms with Gasteiger partial charge < -0.3 is 19.3 Å². The van der Waals surface area contributed by atoms with E-state index >= 15 is 0 Å². The summed E-state index contributed by atoms with van der Waals surface area (Å²) >= 11 is 0. The van der Waals surface area contributed by atoms with E-state index in [9.17, 15) is 5.11 Å². The van der Waals surface area contributed by atoms with Crippen molar-refractivity contribution in [1.29, 1.82) is 0 Å². The highest BCUT2D eigenvalue weighted by Crippen LogP contribution is 2.24. The second kappa shape index (κ2) is 4.34. The number of methoxy groups -OCH3 is 2. The number of hydrogen-bond donors (Lipinski definition) is 1. The molecular formula is C8H17NO4. The van der Waals surface area contributed by atoms with Gasteiger partial charge in [0.1, 0.15) is 6.10 Å². The number of ether oxygens (including phenoxy) is 3. The fourth-order valence-corrected chi connectivity index (χ4v) is 1.55. The van der Waals surface area contributed by atoms with Crippen LogP contribution in [-0.2, 0) is 14.2 Å². The van der Waals surface area contributed by atoms with Crippen LogP contribution in [0.4, 0.5) is 0 Å². The highest BCUT2D eigenvalue weighted by Gasteiger charge is 2.45. The number of nitrogens with zero attached hydrogens (tertiary/aromatic N) is 1. The summed E-state index contributed by atoms with van der Waals surface area (Å²) in [5.74, 6) is 0. The van der Waals surface area contributed by atoms with E-state index in [1.807, 2.05) is 19.0 Å². The summed E-state index contributed by atoms with van der Waals surface area (Å²) in [5.41, 5.74) is 0. The van der Waals surface area contributed by atoms with Crippen LogP contribution in [0.25, 0.3) is 0 Å². The van der Waals surface area contributed by atoms with E-state index < -0.39 is 18.7 Å². The van der Waals surface area contributed by atoms with E-state index in [4.69, 9.17) is 14.2 Å². The van der Waals surface area contributed by atoms with Crippen molar-refractivity contribution in [2.24, 2.45) is 0 Å². The van der Waals surface area contributed by atoms with Gasteiger partial charge >= 0.3 is 0 Å². The SMILES string of the molecule is CO[C@H]1O[C@H](OC)[C@@H](N(C)C)[C@@H]1O. The van der Waals surface area contributed by atoms with Gasteiger partial charge in [0.05, 0.1) is 6.04 Å². The zero-order valence-electron chi connectivity index (χ0n) is 8.43. The maximum Gasteiger partial charge on any atom is 0.187 e. The molecule has 0 radical (unpaired) electrons. The monoisotopic (exact) mass is 191 g/mol. The lowest BCUT2D eigenvalue weighted by Crippen LogP contribution is -2.44. The van der Waals surface area contributed by atoms with Gasteiger partial charge in [0.2, 0.25) is 0 Å². The molecule has 1 fully saturated rings. The van der Waals surface area contributed by atoms with Gasteiger partial charge in [-0.2, -0.15) is 0 Å². The molecule has 0 aliphatic carbocycles. The van der Waals surface area contributed by atoms with Crippen molar-refractivity contribution in [3.8, 4) is 0 Å². The van der Waals surface area contributed by atoms with Crippen LogP contribution in [0.5, 0.6) is 0 Å². The molecule has 1 saturated heterocycles. The molecule has 0 bridgehead atoms. The third kappa shape index (κ3) is 2.00. The Hall–Kier alpha value is -0.200. The van der Waals surface area contributed by atoms with Crippen molar-refractivity contribution in [2.75, 3.05) is 28.3 Å². The van der Waals surface area contributed by atoms with Gasteiger partial charge in [-0.05, 0) is 14.1 Å². The first kappa shape index (κ1) is 10.9. The molecular weight excluding hydrogens is 174 g/mol. The molecule has 0 spiro atoms. The zero-order valence-corrected chi connectivity index (χ0v) is 8.43. The summed E-state index contributed by atoms with van der Waals surface area (Å²) in [4.78, 5) is 1.86. The Morgan fingerprint density at radius 2 is 1.69 bits per heavy atom. The molecule has 4 atom stereocenters. The summed E-state index contributed by atoms with van der Waals surface area (Å²) in [6.07, 6.45) is -1.71. The molecule has 0 amide bonds. The van der Waals surface area contributed by atoms with Crippen LogP contribution >= 0.6 is 0 Å². The number of aliphatic hydroxyl groups excluding tert-OH is 1. The van der Waals surface area contributed by atoms with E-state index in [-0.39, 0.29) is 6.04 Å². The van der Waals surface area contributed by atoms with Crippen LogP contribution in [0.2, 0.25) is 0 Å². The first-order chi connectivity index (χ1) is 6.11. The van der Waals surface area contributed by atoms with Crippen LogP contribution in [0, 0.1) is 0 Å². The second-order valence-electron chi connectivity index (χ2n) is 3.29. The smallest absolute Gasteiger partial charge is 0.187 e. The summed E-state index contributed by atoms with van der Waals surface area (Å²) in [6, 6.07) is -0.185. The quantitative estimate of drug-likeness (QED) is 0.636. The third-order valence-corrected chi connectivity index (χ3v) is 2.24. The highest BCUT2D eigenvalue weighted by atomic mass is 16.8. The summed E-state index contributed by atoms with van der Waals surface area (Å²) < 4.78 is 15.4. The van der Waals surface area contributed by atoms with Crippen LogP contribution in [-0.4, -0.2) is 63.0 Å². The van der Waals surface area contributed by atoms with Crippen molar-refractivity contribution in [1.82, 2.24) is 4.90 Å². The lowest BCUT2D eigenvalue weighted by atomic mass is 10.1. The average Bonchev–Trinajstić information content (AvgIpc) is 2.41. The molecule has 0 aromatic rings. The van der Waals surface area contributed by atoms with Crippen LogP contribution in [0.3, 0.4) is 0 Å². The van der Waals surface area contributed by atoms with Crippen LogP contribution < -0.4 is 0 Å². The van der Waals surface area contributed by atoms with Gasteiger partial charge in [-0.15, -0.1) is 0 Å². The highest BCUT2D eigenvalue weighted by molar-refractivity contribution is 4.87. The fraction of sp³-hybridized carbons (Fsp3) is 1.00. The Labute approximate surface area is 78.2 Å². The van der Waals surface area contributed by atoms with Gasteiger partial charge in [0.15, 0.2) is 12.6 Å². The standard InChI is InChI=1S/C8H17NO4/c1-9(2)5-6(10)8(12-4)13-7(5)11-3/h5-8,10H,1-4H3/t5-,6-,7-,8-/m0/s1. The number of rotatable bonds is 3. The molecule has 1 rings (SSSR count). The number of hydrogen-bond acceptors (Lipinski definition) is 5.